The van der Waals surface area contributed by atoms with Crippen molar-refractivity contribution in [3.05, 3.63) is 76.0 Å². The van der Waals surface area contributed by atoms with Gasteiger partial charge in [-0.25, -0.2) is 9.97 Å². The third-order valence-electron chi connectivity index (χ3n) is 5.28. The molecule has 31 heavy (non-hydrogen) atoms. The summed E-state index contributed by atoms with van der Waals surface area (Å²) < 4.78 is 0. The lowest BCUT2D eigenvalue weighted by Crippen LogP contribution is -2.46. The number of piperazine rings is 1. The molecular weight excluding hydrogens is 396 g/mol. The van der Waals surface area contributed by atoms with Gasteiger partial charge in [0.05, 0.1) is 4.92 Å². The fourth-order valence-corrected chi connectivity index (χ4v) is 3.63. The van der Waals surface area contributed by atoms with Gasteiger partial charge in [-0.05, 0) is 31.2 Å². The van der Waals surface area contributed by atoms with Gasteiger partial charge in [-0.3, -0.25) is 14.9 Å². The Morgan fingerprint density at radius 2 is 1.68 bits per heavy atom. The van der Waals surface area contributed by atoms with Crippen LogP contribution < -0.4 is 15.5 Å². The first-order valence-electron chi connectivity index (χ1n) is 9.91. The van der Waals surface area contributed by atoms with Gasteiger partial charge in [-0.15, -0.1) is 0 Å². The van der Waals surface area contributed by atoms with Gasteiger partial charge in [0, 0.05) is 66.9 Å². The first-order chi connectivity index (χ1) is 14.9. The largest absolute Gasteiger partial charge is 0.368 e. The second-order valence-corrected chi connectivity index (χ2v) is 7.38. The Hall–Kier alpha value is -4.01. The average molecular weight is 418 g/mol. The lowest BCUT2D eigenvalue weighted by molar-refractivity contribution is -0.384. The maximum Gasteiger partial charge on any atom is 0.270 e. The molecule has 0 atom stereocenters. The maximum atomic E-state index is 11.3. The molecule has 2 N–H and O–H groups in total. The SMILES string of the molecule is Cc1cc(N2CCN(c3ccc(C(N)=O)cc3)CC2)nc(-c2cccc([N+](=O)[O-])c2)n1. The number of primary amides is 1. The van der Waals surface area contributed by atoms with Crippen LogP contribution in [0.5, 0.6) is 0 Å². The maximum absolute atomic E-state index is 11.3. The molecular formula is C22H22N6O3. The van der Waals surface area contributed by atoms with Crippen molar-refractivity contribution >= 4 is 23.1 Å². The number of rotatable bonds is 5. The van der Waals surface area contributed by atoms with Crippen LogP contribution in [0.4, 0.5) is 17.2 Å². The molecule has 1 aliphatic heterocycles. The van der Waals surface area contributed by atoms with E-state index in [1.807, 2.05) is 25.1 Å². The van der Waals surface area contributed by atoms with Gasteiger partial charge in [0.25, 0.3) is 5.69 Å². The predicted molar refractivity (Wildman–Crippen MR) is 118 cm³/mol. The lowest BCUT2D eigenvalue weighted by atomic mass is 10.1. The lowest BCUT2D eigenvalue weighted by Gasteiger charge is -2.37. The number of hydrogen-bond acceptors (Lipinski definition) is 7. The second kappa shape index (κ2) is 8.39. The minimum Gasteiger partial charge on any atom is -0.368 e. The molecule has 0 bridgehead atoms. The van der Waals surface area contributed by atoms with Gasteiger partial charge >= 0.3 is 0 Å². The van der Waals surface area contributed by atoms with Gasteiger partial charge < -0.3 is 15.5 Å². The zero-order chi connectivity index (χ0) is 22.0. The highest BCUT2D eigenvalue weighted by atomic mass is 16.6. The number of amides is 1. The average Bonchev–Trinajstić information content (AvgIpc) is 2.79. The molecule has 0 aliphatic carbocycles. The Balaban J connectivity index is 1.50. The summed E-state index contributed by atoms with van der Waals surface area (Å²) in [5.41, 5.74) is 8.28. The molecule has 9 nitrogen and oxygen atoms in total. The van der Waals surface area contributed by atoms with Crippen molar-refractivity contribution in [1.82, 2.24) is 9.97 Å². The molecule has 0 unspecified atom stereocenters. The number of hydrogen-bond donors (Lipinski definition) is 1. The van der Waals surface area contributed by atoms with Crippen molar-refractivity contribution in [3.8, 4) is 11.4 Å². The van der Waals surface area contributed by atoms with Crippen molar-refractivity contribution in [2.24, 2.45) is 5.73 Å². The van der Waals surface area contributed by atoms with E-state index in [4.69, 9.17) is 5.73 Å². The fourth-order valence-electron chi connectivity index (χ4n) is 3.63. The molecule has 9 heteroatoms. The van der Waals surface area contributed by atoms with Crippen LogP contribution in [-0.4, -0.2) is 47.0 Å². The Kier molecular flexibility index (Phi) is 5.48. The predicted octanol–water partition coefficient (Wildman–Crippen LogP) is 2.79. The first-order valence-corrected chi connectivity index (χ1v) is 9.91. The van der Waals surface area contributed by atoms with Crippen LogP contribution in [-0.2, 0) is 0 Å². The number of nitrogens with two attached hydrogens (primary N) is 1. The van der Waals surface area contributed by atoms with E-state index in [1.54, 1.807) is 24.3 Å². The fraction of sp³-hybridized carbons (Fsp3) is 0.227. The van der Waals surface area contributed by atoms with E-state index in [2.05, 4.69) is 19.8 Å². The van der Waals surface area contributed by atoms with E-state index in [-0.39, 0.29) is 5.69 Å². The number of anilines is 2. The molecule has 1 saturated heterocycles. The van der Waals surface area contributed by atoms with E-state index >= 15 is 0 Å². The molecule has 0 radical (unpaired) electrons. The number of carbonyl (C=O) groups is 1. The molecule has 1 amide bonds. The number of carbonyl (C=O) groups excluding carboxylic acids is 1. The van der Waals surface area contributed by atoms with Crippen LogP contribution in [0.15, 0.2) is 54.6 Å². The molecule has 1 aromatic heterocycles. The van der Waals surface area contributed by atoms with Crippen LogP contribution in [0.2, 0.25) is 0 Å². The Bertz CT molecular complexity index is 1120. The van der Waals surface area contributed by atoms with E-state index < -0.39 is 10.8 Å². The molecule has 1 fully saturated rings. The molecule has 2 aromatic carbocycles. The molecule has 0 saturated carbocycles. The van der Waals surface area contributed by atoms with Gasteiger partial charge in [0.1, 0.15) is 5.82 Å². The van der Waals surface area contributed by atoms with Crippen molar-refractivity contribution in [2.45, 2.75) is 6.92 Å². The first kappa shape index (κ1) is 20.3. The van der Waals surface area contributed by atoms with Crippen LogP contribution in [0.1, 0.15) is 16.1 Å². The standard InChI is InChI=1S/C22H22N6O3/c1-15-13-20(25-22(24-15)17-3-2-4-19(14-17)28(30)31)27-11-9-26(10-12-27)18-7-5-16(6-8-18)21(23)29/h2-8,13-14H,9-12H2,1H3,(H2,23,29). The smallest absolute Gasteiger partial charge is 0.270 e. The molecule has 4 rings (SSSR count). The molecule has 3 aromatic rings. The normalized spacial score (nSPS) is 13.8. The summed E-state index contributed by atoms with van der Waals surface area (Å²) in [6, 6.07) is 15.6. The second-order valence-electron chi connectivity index (χ2n) is 7.38. The van der Waals surface area contributed by atoms with E-state index in [9.17, 15) is 14.9 Å². The van der Waals surface area contributed by atoms with E-state index in [0.717, 1.165) is 43.4 Å². The zero-order valence-corrected chi connectivity index (χ0v) is 17.1. The minimum atomic E-state index is -0.435. The number of aryl methyl sites for hydroxylation is 1. The third-order valence-corrected chi connectivity index (χ3v) is 5.28. The molecule has 2 heterocycles. The topological polar surface area (TPSA) is 118 Å². The van der Waals surface area contributed by atoms with Crippen molar-refractivity contribution in [1.29, 1.82) is 0 Å². The Labute approximate surface area is 179 Å². The van der Waals surface area contributed by atoms with Crippen LogP contribution in [0.25, 0.3) is 11.4 Å². The van der Waals surface area contributed by atoms with Crippen LogP contribution in [0, 0.1) is 17.0 Å². The van der Waals surface area contributed by atoms with Gasteiger partial charge in [0.15, 0.2) is 5.82 Å². The van der Waals surface area contributed by atoms with E-state index in [0.29, 0.717) is 17.0 Å². The zero-order valence-electron chi connectivity index (χ0n) is 17.1. The summed E-state index contributed by atoms with van der Waals surface area (Å²) in [7, 11) is 0. The quantitative estimate of drug-likeness (QED) is 0.500. The third kappa shape index (κ3) is 4.45. The number of nitrogens with zero attached hydrogens (tertiary/aromatic N) is 5. The molecule has 0 spiro atoms. The number of nitro benzene ring substituents is 1. The summed E-state index contributed by atoms with van der Waals surface area (Å²) in [6.07, 6.45) is 0. The van der Waals surface area contributed by atoms with Crippen LogP contribution in [0.3, 0.4) is 0 Å². The van der Waals surface area contributed by atoms with Crippen molar-refractivity contribution in [2.75, 3.05) is 36.0 Å². The van der Waals surface area contributed by atoms with Crippen molar-refractivity contribution < 1.29 is 9.72 Å². The van der Waals surface area contributed by atoms with Gasteiger partial charge in [0.2, 0.25) is 5.91 Å². The van der Waals surface area contributed by atoms with Gasteiger partial charge in [-0.1, -0.05) is 12.1 Å². The number of nitro groups is 1. The Morgan fingerprint density at radius 1 is 1.00 bits per heavy atom. The number of aromatic nitrogens is 2. The van der Waals surface area contributed by atoms with Gasteiger partial charge in [-0.2, -0.15) is 0 Å². The number of benzene rings is 2. The molecule has 158 valence electrons. The highest BCUT2D eigenvalue weighted by Gasteiger charge is 2.20. The summed E-state index contributed by atoms with van der Waals surface area (Å²) in [5.74, 6) is 0.843. The highest BCUT2D eigenvalue weighted by Crippen LogP contribution is 2.25. The highest BCUT2D eigenvalue weighted by molar-refractivity contribution is 5.93. The summed E-state index contributed by atoms with van der Waals surface area (Å²) in [5, 5.41) is 11.1. The molecule has 1 aliphatic rings. The summed E-state index contributed by atoms with van der Waals surface area (Å²) in [6.45, 7) is 5.02. The minimum absolute atomic E-state index is 0.0140. The monoisotopic (exact) mass is 418 g/mol. The van der Waals surface area contributed by atoms with E-state index in [1.165, 1.54) is 12.1 Å². The Morgan fingerprint density at radius 3 is 2.32 bits per heavy atom. The summed E-state index contributed by atoms with van der Waals surface area (Å²) >= 11 is 0. The van der Waals surface area contributed by atoms with Crippen molar-refractivity contribution in [3.63, 3.8) is 0 Å². The van der Waals surface area contributed by atoms with Crippen LogP contribution >= 0.6 is 0 Å². The number of non-ortho nitro benzene ring substituents is 1. The summed E-state index contributed by atoms with van der Waals surface area (Å²) in [4.78, 5) is 35.5.